The van der Waals surface area contributed by atoms with Crippen LogP contribution in [0.2, 0.25) is 0 Å². The molecule has 2 N–H and O–H groups in total. The molecule has 1 unspecified atom stereocenters. The average molecular weight is 445 g/mol. The number of fused-ring (bicyclic) bond motifs is 1. The number of rotatable bonds is 4. The molecule has 172 valence electrons. The summed E-state index contributed by atoms with van der Waals surface area (Å²) in [4.78, 5) is 36.0. The number of piperidine rings is 1. The SMILES string of the molecule is Cc1[nH]c2cccc(C(=O)N3CCCC(c4ccc(C(=O)NC5CCCC5)cn4)C3)c2c1C. The van der Waals surface area contributed by atoms with Gasteiger partial charge in [-0.3, -0.25) is 14.6 Å². The largest absolute Gasteiger partial charge is 0.358 e. The number of aryl methyl sites for hydroxylation is 2. The van der Waals surface area contributed by atoms with E-state index < -0.39 is 0 Å². The van der Waals surface area contributed by atoms with Crippen LogP contribution in [0.25, 0.3) is 10.9 Å². The highest BCUT2D eigenvalue weighted by Gasteiger charge is 2.28. The van der Waals surface area contributed by atoms with E-state index in [9.17, 15) is 9.59 Å². The zero-order chi connectivity index (χ0) is 22.9. The normalized spacial score (nSPS) is 19.2. The minimum absolute atomic E-state index is 0.0355. The molecule has 1 aliphatic heterocycles. The van der Waals surface area contributed by atoms with Crippen molar-refractivity contribution in [3.8, 4) is 0 Å². The lowest BCUT2D eigenvalue weighted by Crippen LogP contribution is -2.39. The molecule has 2 aliphatic rings. The molecular weight excluding hydrogens is 412 g/mol. The number of carbonyl (C=O) groups excluding carboxylic acids is 2. The molecule has 6 nitrogen and oxygen atoms in total. The molecule has 1 saturated carbocycles. The van der Waals surface area contributed by atoms with Crippen LogP contribution >= 0.6 is 0 Å². The average Bonchev–Trinajstić information content (AvgIpc) is 3.46. The Kier molecular flexibility index (Phi) is 5.92. The second-order valence-corrected chi connectivity index (χ2v) is 9.62. The molecule has 5 rings (SSSR count). The molecular formula is C27H32N4O2. The predicted molar refractivity (Wildman–Crippen MR) is 130 cm³/mol. The van der Waals surface area contributed by atoms with Gasteiger partial charge in [0.25, 0.3) is 11.8 Å². The Bertz CT molecular complexity index is 1170. The van der Waals surface area contributed by atoms with Crippen molar-refractivity contribution in [3.63, 3.8) is 0 Å². The van der Waals surface area contributed by atoms with Gasteiger partial charge >= 0.3 is 0 Å². The maximum absolute atomic E-state index is 13.5. The molecule has 1 atom stereocenters. The van der Waals surface area contributed by atoms with Gasteiger partial charge in [0.05, 0.1) is 5.56 Å². The number of amides is 2. The number of aromatic nitrogens is 2. The van der Waals surface area contributed by atoms with Crippen molar-refractivity contribution in [2.24, 2.45) is 0 Å². The quantitative estimate of drug-likeness (QED) is 0.602. The van der Waals surface area contributed by atoms with Gasteiger partial charge in [-0.25, -0.2) is 0 Å². The maximum atomic E-state index is 13.5. The minimum Gasteiger partial charge on any atom is -0.358 e. The zero-order valence-corrected chi connectivity index (χ0v) is 19.5. The lowest BCUT2D eigenvalue weighted by molar-refractivity contribution is 0.0707. The molecule has 1 aliphatic carbocycles. The summed E-state index contributed by atoms with van der Waals surface area (Å²) in [5, 5.41) is 4.15. The van der Waals surface area contributed by atoms with Crippen molar-refractivity contribution in [2.45, 2.75) is 64.3 Å². The molecule has 3 aromatic rings. The molecule has 3 heterocycles. The summed E-state index contributed by atoms with van der Waals surface area (Å²) in [5.41, 5.74) is 5.58. The van der Waals surface area contributed by atoms with Crippen LogP contribution in [0.1, 0.15) is 82.1 Å². The van der Waals surface area contributed by atoms with Gasteiger partial charge in [-0.15, -0.1) is 0 Å². The number of pyridine rings is 1. The number of likely N-dealkylation sites (tertiary alicyclic amines) is 1. The molecule has 0 spiro atoms. The first-order valence-corrected chi connectivity index (χ1v) is 12.1. The van der Waals surface area contributed by atoms with E-state index in [1.807, 2.05) is 42.2 Å². The van der Waals surface area contributed by atoms with E-state index in [4.69, 9.17) is 0 Å². The number of nitrogens with zero attached hydrogens (tertiary/aromatic N) is 2. The molecule has 2 amide bonds. The highest BCUT2D eigenvalue weighted by Crippen LogP contribution is 2.30. The van der Waals surface area contributed by atoms with Gasteiger partial charge in [-0.05, 0) is 69.4 Å². The van der Waals surface area contributed by atoms with Gasteiger partial charge < -0.3 is 15.2 Å². The van der Waals surface area contributed by atoms with E-state index >= 15 is 0 Å². The summed E-state index contributed by atoms with van der Waals surface area (Å²) in [6.45, 7) is 5.52. The second-order valence-electron chi connectivity index (χ2n) is 9.62. The first-order valence-electron chi connectivity index (χ1n) is 12.1. The molecule has 1 saturated heterocycles. The summed E-state index contributed by atoms with van der Waals surface area (Å²) in [5.74, 6) is 0.231. The highest BCUT2D eigenvalue weighted by atomic mass is 16.2. The topological polar surface area (TPSA) is 78.1 Å². The van der Waals surface area contributed by atoms with Gasteiger partial charge in [0.1, 0.15) is 0 Å². The molecule has 6 heteroatoms. The van der Waals surface area contributed by atoms with Crippen molar-refractivity contribution in [1.82, 2.24) is 20.2 Å². The van der Waals surface area contributed by atoms with Crippen molar-refractivity contribution in [2.75, 3.05) is 13.1 Å². The summed E-state index contributed by atoms with van der Waals surface area (Å²) in [7, 11) is 0. The number of carbonyl (C=O) groups is 2. The third-order valence-electron chi connectivity index (χ3n) is 7.42. The van der Waals surface area contributed by atoms with Gasteiger partial charge in [-0.2, -0.15) is 0 Å². The van der Waals surface area contributed by atoms with Crippen LogP contribution in [0.3, 0.4) is 0 Å². The lowest BCUT2D eigenvalue weighted by atomic mass is 9.93. The van der Waals surface area contributed by atoms with Gasteiger partial charge in [0.2, 0.25) is 0 Å². The smallest absolute Gasteiger partial charge is 0.254 e. The number of aromatic amines is 1. The van der Waals surface area contributed by atoms with Crippen LogP contribution in [-0.4, -0.2) is 45.8 Å². The minimum atomic E-state index is -0.0355. The van der Waals surface area contributed by atoms with Crippen LogP contribution in [0, 0.1) is 13.8 Å². The number of H-pyrrole nitrogens is 1. The first kappa shape index (κ1) is 21.7. The Morgan fingerprint density at radius 1 is 1.06 bits per heavy atom. The molecule has 0 radical (unpaired) electrons. The zero-order valence-electron chi connectivity index (χ0n) is 19.5. The maximum Gasteiger partial charge on any atom is 0.254 e. The van der Waals surface area contributed by atoms with E-state index in [0.717, 1.165) is 65.6 Å². The second kappa shape index (κ2) is 9.00. The van der Waals surface area contributed by atoms with Crippen LogP contribution < -0.4 is 5.32 Å². The molecule has 33 heavy (non-hydrogen) atoms. The fourth-order valence-electron chi connectivity index (χ4n) is 5.42. The molecule has 2 aromatic heterocycles. The fraction of sp³-hybridized carbons (Fsp3) is 0.444. The third-order valence-corrected chi connectivity index (χ3v) is 7.42. The standard InChI is InChI=1S/C27H32N4O2/c1-17-18(2)29-24-11-5-10-22(25(17)24)27(33)31-14-6-7-20(16-31)23-13-12-19(15-28-23)26(32)30-21-8-3-4-9-21/h5,10-13,15,20-21,29H,3-4,6-9,14,16H2,1-2H3,(H,30,32). The molecule has 0 bridgehead atoms. The van der Waals surface area contributed by atoms with E-state index in [1.54, 1.807) is 6.20 Å². The molecule has 2 fully saturated rings. The van der Waals surface area contributed by atoms with Gasteiger partial charge in [0.15, 0.2) is 0 Å². The van der Waals surface area contributed by atoms with Crippen molar-refractivity contribution >= 4 is 22.7 Å². The monoisotopic (exact) mass is 444 g/mol. The van der Waals surface area contributed by atoms with Gasteiger partial charge in [0, 0.05) is 59.1 Å². The van der Waals surface area contributed by atoms with Crippen LogP contribution in [0.4, 0.5) is 0 Å². The van der Waals surface area contributed by atoms with Crippen LogP contribution in [0.5, 0.6) is 0 Å². The summed E-state index contributed by atoms with van der Waals surface area (Å²) < 4.78 is 0. The Morgan fingerprint density at radius 3 is 2.64 bits per heavy atom. The first-order chi connectivity index (χ1) is 16.0. The Hall–Kier alpha value is -3.15. The van der Waals surface area contributed by atoms with Crippen LogP contribution in [0.15, 0.2) is 36.5 Å². The Morgan fingerprint density at radius 2 is 1.88 bits per heavy atom. The number of benzene rings is 1. The number of hydrogen-bond donors (Lipinski definition) is 2. The number of hydrogen-bond acceptors (Lipinski definition) is 3. The highest BCUT2D eigenvalue weighted by molar-refractivity contribution is 6.08. The number of nitrogens with one attached hydrogen (secondary N) is 2. The Labute approximate surface area is 194 Å². The fourth-order valence-corrected chi connectivity index (χ4v) is 5.42. The predicted octanol–water partition coefficient (Wildman–Crippen LogP) is 4.87. The lowest BCUT2D eigenvalue weighted by Gasteiger charge is -2.33. The molecule has 1 aromatic carbocycles. The van der Waals surface area contributed by atoms with Crippen molar-refractivity contribution < 1.29 is 9.59 Å². The summed E-state index contributed by atoms with van der Waals surface area (Å²) in [6, 6.07) is 10.0. The van der Waals surface area contributed by atoms with E-state index in [0.29, 0.717) is 18.2 Å². The van der Waals surface area contributed by atoms with Crippen LogP contribution in [-0.2, 0) is 0 Å². The summed E-state index contributed by atoms with van der Waals surface area (Å²) >= 11 is 0. The van der Waals surface area contributed by atoms with E-state index in [2.05, 4.69) is 22.2 Å². The van der Waals surface area contributed by atoms with Crippen molar-refractivity contribution in [3.05, 3.63) is 64.6 Å². The van der Waals surface area contributed by atoms with Crippen molar-refractivity contribution in [1.29, 1.82) is 0 Å². The summed E-state index contributed by atoms with van der Waals surface area (Å²) in [6.07, 6.45) is 8.15. The van der Waals surface area contributed by atoms with E-state index in [1.165, 1.54) is 12.8 Å². The third kappa shape index (κ3) is 4.26. The van der Waals surface area contributed by atoms with Gasteiger partial charge in [-0.1, -0.05) is 18.9 Å². The van der Waals surface area contributed by atoms with E-state index in [-0.39, 0.29) is 17.7 Å². The Balaban J connectivity index is 1.30.